The van der Waals surface area contributed by atoms with E-state index in [0.717, 1.165) is 66.7 Å². The van der Waals surface area contributed by atoms with Crippen molar-refractivity contribution in [2.45, 2.75) is 51.6 Å². The van der Waals surface area contributed by atoms with Crippen LogP contribution in [0.15, 0.2) is 39.7 Å². The van der Waals surface area contributed by atoms with Gasteiger partial charge in [-0.15, -0.1) is 0 Å². The molecule has 2 aliphatic heterocycles. The van der Waals surface area contributed by atoms with Gasteiger partial charge in [0, 0.05) is 49.6 Å². The highest BCUT2D eigenvalue weighted by molar-refractivity contribution is 5.93. The van der Waals surface area contributed by atoms with E-state index in [1.807, 2.05) is 43.0 Å². The summed E-state index contributed by atoms with van der Waals surface area (Å²) < 4.78 is 18.3. The number of rotatable bonds is 4. The number of carbonyl (C=O) groups excluding carboxylic acids is 1. The first-order chi connectivity index (χ1) is 17.4. The number of piperazine rings is 1. The average molecular weight is 490 g/mol. The molecule has 0 bridgehead atoms. The lowest BCUT2D eigenvalue weighted by Crippen LogP contribution is -2.50. The molecule has 0 radical (unpaired) electrons. The first-order valence-corrected chi connectivity index (χ1v) is 12.8. The van der Waals surface area contributed by atoms with Crippen LogP contribution in [-0.4, -0.2) is 54.2 Å². The number of anilines is 1. The van der Waals surface area contributed by atoms with Gasteiger partial charge >= 0.3 is 5.63 Å². The number of hydrogen-bond donors (Lipinski definition) is 0. The van der Waals surface area contributed by atoms with Crippen molar-refractivity contribution < 1.29 is 18.7 Å². The van der Waals surface area contributed by atoms with Crippen LogP contribution in [0.25, 0.3) is 11.0 Å². The predicted octanol–water partition coefficient (Wildman–Crippen LogP) is 3.51. The van der Waals surface area contributed by atoms with Gasteiger partial charge in [-0.3, -0.25) is 4.79 Å². The van der Waals surface area contributed by atoms with Crippen molar-refractivity contribution in [3.8, 4) is 11.5 Å². The van der Waals surface area contributed by atoms with Gasteiger partial charge in [-0.05, 0) is 63.6 Å². The molecule has 36 heavy (non-hydrogen) atoms. The summed E-state index contributed by atoms with van der Waals surface area (Å²) in [4.78, 5) is 34.3. The lowest BCUT2D eigenvalue weighted by Gasteiger charge is -2.35. The number of aromatic nitrogens is 1. The summed E-state index contributed by atoms with van der Waals surface area (Å²) in [6.07, 6.45) is 5.82. The summed E-state index contributed by atoms with van der Waals surface area (Å²) >= 11 is 0. The van der Waals surface area contributed by atoms with Crippen LogP contribution in [0.4, 0.5) is 5.82 Å². The Hall–Kier alpha value is -3.55. The zero-order chi connectivity index (χ0) is 24.9. The maximum atomic E-state index is 13.1. The van der Waals surface area contributed by atoms with Crippen LogP contribution in [0.1, 0.15) is 43.4 Å². The summed E-state index contributed by atoms with van der Waals surface area (Å²) in [5.41, 5.74) is 2.63. The van der Waals surface area contributed by atoms with Crippen LogP contribution >= 0.6 is 0 Å². The van der Waals surface area contributed by atoms with Crippen molar-refractivity contribution in [3.05, 3.63) is 57.6 Å². The molecular formula is C28H31N3O5. The fourth-order valence-electron chi connectivity index (χ4n) is 5.62. The Bertz CT molecular complexity index is 1370. The van der Waals surface area contributed by atoms with Gasteiger partial charge in [0.1, 0.15) is 28.5 Å². The molecular weight excluding hydrogens is 458 g/mol. The quantitative estimate of drug-likeness (QED) is 0.519. The number of fused-ring (bicyclic) bond motifs is 5. The highest BCUT2D eigenvalue weighted by Crippen LogP contribution is 2.44. The Morgan fingerprint density at radius 1 is 1.08 bits per heavy atom. The summed E-state index contributed by atoms with van der Waals surface area (Å²) in [5, 5.41) is 0.830. The normalized spacial score (nSPS) is 18.5. The van der Waals surface area contributed by atoms with Crippen LogP contribution in [0.3, 0.4) is 0 Å². The zero-order valence-corrected chi connectivity index (χ0v) is 20.8. The predicted molar refractivity (Wildman–Crippen MR) is 136 cm³/mol. The lowest BCUT2D eigenvalue weighted by atomic mass is 9.91. The Morgan fingerprint density at radius 3 is 2.67 bits per heavy atom. The molecule has 1 aromatic carbocycles. The average Bonchev–Trinajstić information content (AvgIpc) is 3.38. The van der Waals surface area contributed by atoms with Crippen molar-refractivity contribution in [1.82, 2.24) is 9.88 Å². The monoisotopic (exact) mass is 489 g/mol. The second-order valence-electron chi connectivity index (χ2n) is 10.5. The van der Waals surface area contributed by atoms with Crippen molar-refractivity contribution in [2.75, 3.05) is 37.7 Å². The van der Waals surface area contributed by atoms with Crippen molar-refractivity contribution in [1.29, 1.82) is 0 Å². The standard InChI is InChI=1S/C28H31N3O5/c1-28(2)10-9-20-21(36-28)16-22(25-18-6-5-7-19(18)27(33)35-26(20)25)34-17-24(32)31-14-12-30(13-15-31)23-8-3-4-11-29-23/h3-4,8,11,16H,5-7,9-10,12-15,17H2,1-2H3. The minimum atomic E-state index is -0.321. The molecule has 1 saturated heterocycles. The first-order valence-electron chi connectivity index (χ1n) is 12.8. The third-order valence-corrected chi connectivity index (χ3v) is 7.59. The van der Waals surface area contributed by atoms with E-state index in [-0.39, 0.29) is 23.7 Å². The largest absolute Gasteiger partial charge is 0.487 e. The third kappa shape index (κ3) is 4.08. The van der Waals surface area contributed by atoms with Crippen LogP contribution < -0.4 is 20.0 Å². The molecule has 0 N–H and O–H groups in total. The van der Waals surface area contributed by atoms with E-state index in [1.165, 1.54) is 0 Å². The molecule has 3 aliphatic rings. The second kappa shape index (κ2) is 8.84. The number of pyridine rings is 1. The maximum absolute atomic E-state index is 13.1. The molecule has 0 saturated carbocycles. The smallest absolute Gasteiger partial charge is 0.339 e. The number of hydrogen-bond acceptors (Lipinski definition) is 7. The minimum Gasteiger partial charge on any atom is -0.487 e. The van der Waals surface area contributed by atoms with Gasteiger partial charge in [0.2, 0.25) is 0 Å². The number of carbonyl (C=O) groups is 1. The number of amides is 1. The third-order valence-electron chi connectivity index (χ3n) is 7.59. The molecule has 0 atom stereocenters. The van der Waals surface area contributed by atoms with Crippen LogP contribution in [0.2, 0.25) is 0 Å². The fourth-order valence-corrected chi connectivity index (χ4v) is 5.62. The second-order valence-corrected chi connectivity index (χ2v) is 10.5. The molecule has 0 spiro atoms. The molecule has 3 aromatic rings. The van der Waals surface area contributed by atoms with Gasteiger partial charge in [-0.1, -0.05) is 6.07 Å². The molecule has 8 heteroatoms. The topological polar surface area (TPSA) is 85.1 Å². The van der Waals surface area contributed by atoms with E-state index in [9.17, 15) is 9.59 Å². The highest BCUT2D eigenvalue weighted by Gasteiger charge is 2.33. The van der Waals surface area contributed by atoms with Crippen molar-refractivity contribution in [2.24, 2.45) is 0 Å². The van der Waals surface area contributed by atoms with E-state index in [0.29, 0.717) is 36.6 Å². The molecule has 4 heterocycles. The molecule has 1 fully saturated rings. The van der Waals surface area contributed by atoms with E-state index in [4.69, 9.17) is 13.9 Å². The van der Waals surface area contributed by atoms with Gasteiger partial charge in [0.15, 0.2) is 6.61 Å². The molecule has 1 amide bonds. The van der Waals surface area contributed by atoms with Crippen molar-refractivity contribution >= 4 is 22.7 Å². The molecule has 188 valence electrons. The zero-order valence-electron chi connectivity index (χ0n) is 20.8. The number of nitrogens with zero attached hydrogens (tertiary/aromatic N) is 3. The van der Waals surface area contributed by atoms with E-state index >= 15 is 0 Å². The molecule has 8 nitrogen and oxygen atoms in total. The molecule has 0 unspecified atom stereocenters. The van der Waals surface area contributed by atoms with Crippen LogP contribution in [0.5, 0.6) is 11.5 Å². The van der Waals surface area contributed by atoms with Crippen molar-refractivity contribution in [3.63, 3.8) is 0 Å². The number of aryl methyl sites for hydroxylation is 2. The van der Waals surface area contributed by atoms with Gasteiger partial charge < -0.3 is 23.7 Å². The summed E-state index contributed by atoms with van der Waals surface area (Å²) in [5.74, 6) is 2.10. The maximum Gasteiger partial charge on any atom is 0.339 e. The van der Waals surface area contributed by atoms with Gasteiger partial charge in [-0.25, -0.2) is 9.78 Å². The van der Waals surface area contributed by atoms with Gasteiger partial charge in [0.05, 0.1) is 5.39 Å². The Balaban J connectivity index is 1.25. The molecule has 6 rings (SSSR count). The highest BCUT2D eigenvalue weighted by atomic mass is 16.5. The lowest BCUT2D eigenvalue weighted by molar-refractivity contribution is -0.133. The van der Waals surface area contributed by atoms with E-state index in [2.05, 4.69) is 9.88 Å². The summed E-state index contributed by atoms with van der Waals surface area (Å²) in [6, 6.07) is 7.75. The van der Waals surface area contributed by atoms with E-state index < -0.39 is 0 Å². The van der Waals surface area contributed by atoms with Gasteiger partial charge in [0.25, 0.3) is 5.91 Å². The Labute approximate surface area is 209 Å². The van der Waals surface area contributed by atoms with E-state index in [1.54, 1.807) is 6.20 Å². The van der Waals surface area contributed by atoms with Gasteiger partial charge in [-0.2, -0.15) is 0 Å². The molecule has 2 aromatic heterocycles. The summed E-state index contributed by atoms with van der Waals surface area (Å²) in [6.45, 7) is 6.71. The SMILES string of the molecule is CC1(C)CCc2c(cc(OCC(=O)N3CCN(c4ccccn4)CC3)c3c4c(c(=O)oc23)CCC4)O1. The fraction of sp³-hybridized carbons (Fsp3) is 0.464. The minimum absolute atomic E-state index is 0.0585. The Kier molecular flexibility index (Phi) is 5.62. The number of ether oxygens (including phenoxy) is 2. The number of benzene rings is 1. The van der Waals surface area contributed by atoms with Crippen LogP contribution in [-0.2, 0) is 24.1 Å². The first kappa shape index (κ1) is 22.9. The Morgan fingerprint density at radius 2 is 1.89 bits per heavy atom. The van der Waals surface area contributed by atoms with Crippen LogP contribution in [0, 0.1) is 0 Å². The summed E-state index contributed by atoms with van der Waals surface area (Å²) in [7, 11) is 0. The molecule has 1 aliphatic carbocycles.